The van der Waals surface area contributed by atoms with E-state index in [1.54, 1.807) is 13.0 Å². The first-order valence-corrected chi connectivity index (χ1v) is 6.04. The van der Waals surface area contributed by atoms with Crippen molar-refractivity contribution in [3.8, 4) is 0 Å². The average molecular weight is 267 g/mol. The summed E-state index contributed by atoms with van der Waals surface area (Å²) in [5.74, 6) is -1.95. The van der Waals surface area contributed by atoms with Crippen molar-refractivity contribution in [3.05, 3.63) is 29.6 Å². The number of hydrogen-bond donors (Lipinski definition) is 3. The summed E-state index contributed by atoms with van der Waals surface area (Å²) in [6.45, 7) is 3.67. The van der Waals surface area contributed by atoms with Crippen LogP contribution >= 0.6 is 0 Å². The molecule has 0 aliphatic carbocycles. The summed E-state index contributed by atoms with van der Waals surface area (Å²) in [6.07, 6.45) is 1.11. The van der Waals surface area contributed by atoms with Gasteiger partial charge in [-0.3, -0.25) is 4.79 Å². The van der Waals surface area contributed by atoms with E-state index in [9.17, 15) is 9.18 Å². The molecule has 0 heterocycles. The van der Waals surface area contributed by atoms with Gasteiger partial charge in [0.1, 0.15) is 5.82 Å². The molecule has 19 heavy (non-hydrogen) atoms. The van der Waals surface area contributed by atoms with Crippen LogP contribution < -0.4 is 11.1 Å². The Kier molecular flexibility index (Phi) is 5.29. The van der Waals surface area contributed by atoms with E-state index in [0.717, 1.165) is 5.56 Å². The largest absolute Gasteiger partial charge is 0.409 e. The molecule has 0 aromatic heterocycles. The third-order valence-corrected chi connectivity index (χ3v) is 2.75. The highest BCUT2D eigenvalue weighted by molar-refractivity contribution is 6.07. The molecule has 6 heteroatoms. The number of halogens is 1. The minimum absolute atomic E-state index is 0.0943. The van der Waals surface area contributed by atoms with Gasteiger partial charge < -0.3 is 16.3 Å². The normalized spacial score (nSPS) is 13.1. The molecular weight excluding hydrogens is 249 g/mol. The van der Waals surface area contributed by atoms with Crippen molar-refractivity contribution in [2.24, 2.45) is 16.8 Å². The summed E-state index contributed by atoms with van der Waals surface area (Å²) in [5.41, 5.74) is 6.39. The quantitative estimate of drug-likeness (QED) is 0.331. The lowest BCUT2D eigenvalue weighted by Gasteiger charge is -2.15. The lowest BCUT2D eigenvalue weighted by molar-refractivity contribution is -0.118. The fourth-order valence-corrected chi connectivity index (χ4v) is 1.73. The van der Waals surface area contributed by atoms with Gasteiger partial charge in [0.25, 0.3) is 0 Å². The zero-order chi connectivity index (χ0) is 14.4. The highest BCUT2D eigenvalue weighted by atomic mass is 19.1. The Labute approximate surface area is 111 Å². The summed E-state index contributed by atoms with van der Waals surface area (Å²) in [5, 5.41) is 14.0. The van der Waals surface area contributed by atoms with E-state index < -0.39 is 17.6 Å². The number of nitrogens with two attached hydrogens (primary N) is 1. The number of aryl methyl sites for hydroxylation is 1. The van der Waals surface area contributed by atoms with E-state index in [1.807, 2.05) is 6.92 Å². The van der Waals surface area contributed by atoms with Crippen LogP contribution in [0.25, 0.3) is 0 Å². The minimum atomic E-state index is -0.769. The fourth-order valence-electron chi connectivity index (χ4n) is 1.73. The van der Waals surface area contributed by atoms with Gasteiger partial charge in [0, 0.05) is 0 Å². The Morgan fingerprint density at radius 3 is 2.84 bits per heavy atom. The van der Waals surface area contributed by atoms with E-state index in [0.29, 0.717) is 12.8 Å². The van der Waals surface area contributed by atoms with Gasteiger partial charge in [-0.05, 0) is 31.0 Å². The van der Waals surface area contributed by atoms with Gasteiger partial charge in [0.2, 0.25) is 5.91 Å². The third kappa shape index (κ3) is 3.94. The predicted octanol–water partition coefficient (Wildman–Crippen LogP) is 2.24. The second-order valence-corrected chi connectivity index (χ2v) is 4.34. The molecule has 0 saturated carbocycles. The third-order valence-electron chi connectivity index (χ3n) is 2.75. The number of nitrogens with one attached hydrogen (secondary N) is 1. The number of oxime groups is 1. The van der Waals surface area contributed by atoms with Crippen LogP contribution in [0.5, 0.6) is 0 Å². The predicted molar refractivity (Wildman–Crippen MR) is 71.6 cm³/mol. The Bertz CT molecular complexity index is 489. The lowest BCUT2D eigenvalue weighted by Crippen LogP contribution is -2.34. The molecule has 1 rings (SSSR count). The van der Waals surface area contributed by atoms with Gasteiger partial charge >= 0.3 is 0 Å². The van der Waals surface area contributed by atoms with Crippen LogP contribution in [-0.4, -0.2) is 17.0 Å². The number of benzene rings is 1. The zero-order valence-electron chi connectivity index (χ0n) is 11.0. The highest BCUT2D eigenvalue weighted by Crippen LogP contribution is 2.18. The SMILES string of the molecule is CCCC(C(=O)Nc1cc(C)ccc1F)C(N)=NO. The molecule has 5 nitrogen and oxygen atoms in total. The summed E-state index contributed by atoms with van der Waals surface area (Å²) in [7, 11) is 0. The van der Waals surface area contributed by atoms with Crippen molar-refractivity contribution in [3.63, 3.8) is 0 Å². The van der Waals surface area contributed by atoms with Gasteiger partial charge in [-0.15, -0.1) is 0 Å². The molecule has 1 unspecified atom stereocenters. The molecule has 0 spiro atoms. The van der Waals surface area contributed by atoms with E-state index in [-0.39, 0.29) is 11.5 Å². The van der Waals surface area contributed by atoms with E-state index in [4.69, 9.17) is 10.9 Å². The number of hydrogen-bond acceptors (Lipinski definition) is 3. The van der Waals surface area contributed by atoms with Gasteiger partial charge in [-0.25, -0.2) is 4.39 Å². The van der Waals surface area contributed by atoms with Crippen molar-refractivity contribution in [2.45, 2.75) is 26.7 Å². The van der Waals surface area contributed by atoms with Gasteiger partial charge in [-0.1, -0.05) is 24.6 Å². The molecule has 1 aromatic rings. The maximum atomic E-state index is 13.5. The summed E-state index contributed by atoms with van der Waals surface area (Å²) < 4.78 is 13.5. The topological polar surface area (TPSA) is 87.7 Å². The average Bonchev–Trinajstić information content (AvgIpc) is 2.39. The van der Waals surface area contributed by atoms with Gasteiger partial charge in [0.15, 0.2) is 5.84 Å². The summed E-state index contributed by atoms with van der Waals surface area (Å²) in [6, 6.07) is 4.42. The number of carbonyl (C=O) groups excluding carboxylic acids is 1. The maximum absolute atomic E-state index is 13.5. The molecule has 0 bridgehead atoms. The molecule has 0 radical (unpaired) electrons. The zero-order valence-corrected chi connectivity index (χ0v) is 11.0. The molecule has 0 aliphatic heterocycles. The summed E-state index contributed by atoms with van der Waals surface area (Å²) >= 11 is 0. The number of amides is 1. The first-order chi connectivity index (χ1) is 8.99. The smallest absolute Gasteiger partial charge is 0.235 e. The van der Waals surface area contributed by atoms with E-state index in [1.165, 1.54) is 12.1 Å². The molecule has 0 saturated heterocycles. The highest BCUT2D eigenvalue weighted by Gasteiger charge is 2.23. The summed E-state index contributed by atoms with van der Waals surface area (Å²) in [4.78, 5) is 12.0. The van der Waals surface area contributed by atoms with Crippen LogP contribution in [0.4, 0.5) is 10.1 Å². The molecule has 0 aliphatic rings. The number of amidine groups is 1. The molecule has 4 N–H and O–H groups in total. The Balaban J connectivity index is 2.90. The van der Waals surface area contributed by atoms with Crippen LogP contribution in [0.15, 0.2) is 23.4 Å². The Hall–Kier alpha value is -2.11. The number of nitrogens with zero attached hydrogens (tertiary/aromatic N) is 1. The molecule has 1 amide bonds. The molecule has 104 valence electrons. The number of anilines is 1. The van der Waals surface area contributed by atoms with Crippen LogP contribution in [-0.2, 0) is 4.79 Å². The fraction of sp³-hybridized carbons (Fsp3) is 0.385. The molecule has 1 atom stereocenters. The van der Waals surface area contributed by atoms with Crippen molar-refractivity contribution in [1.82, 2.24) is 0 Å². The van der Waals surface area contributed by atoms with Crippen molar-refractivity contribution < 1.29 is 14.4 Å². The van der Waals surface area contributed by atoms with E-state index in [2.05, 4.69) is 10.5 Å². The first kappa shape index (κ1) is 14.9. The molecular formula is C13H18FN3O2. The first-order valence-electron chi connectivity index (χ1n) is 6.04. The monoisotopic (exact) mass is 267 g/mol. The van der Waals surface area contributed by atoms with Crippen LogP contribution in [0.3, 0.4) is 0 Å². The van der Waals surface area contributed by atoms with Crippen LogP contribution in [0.2, 0.25) is 0 Å². The molecule has 1 aromatic carbocycles. The van der Waals surface area contributed by atoms with E-state index >= 15 is 0 Å². The van der Waals surface area contributed by atoms with Crippen molar-refractivity contribution in [1.29, 1.82) is 0 Å². The number of rotatable bonds is 5. The lowest BCUT2D eigenvalue weighted by atomic mass is 10.0. The van der Waals surface area contributed by atoms with Crippen LogP contribution in [0, 0.1) is 18.7 Å². The second-order valence-electron chi connectivity index (χ2n) is 4.34. The van der Waals surface area contributed by atoms with Crippen molar-refractivity contribution in [2.75, 3.05) is 5.32 Å². The van der Waals surface area contributed by atoms with Crippen LogP contribution in [0.1, 0.15) is 25.3 Å². The maximum Gasteiger partial charge on any atom is 0.235 e. The number of carbonyl (C=O) groups is 1. The standard InChI is InChI=1S/C13H18FN3O2/c1-3-4-9(12(15)17-19)13(18)16-11-7-8(2)5-6-10(11)14/h5-7,9,19H,3-4H2,1-2H3,(H2,15,17)(H,16,18). The Morgan fingerprint density at radius 1 is 1.58 bits per heavy atom. The second kappa shape index (κ2) is 6.72. The molecule has 0 fully saturated rings. The Morgan fingerprint density at radius 2 is 2.26 bits per heavy atom. The van der Waals surface area contributed by atoms with Gasteiger partial charge in [-0.2, -0.15) is 0 Å². The minimum Gasteiger partial charge on any atom is -0.409 e. The van der Waals surface area contributed by atoms with Crippen molar-refractivity contribution >= 4 is 17.4 Å². The van der Waals surface area contributed by atoms with Gasteiger partial charge in [0.05, 0.1) is 11.6 Å².